The van der Waals surface area contributed by atoms with Crippen molar-refractivity contribution in [1.29, 1.82) is 0 Å². The molecule has 0 aliphatic carbocycles. The number of rotatable bonds is 12. The van der Waals surface area contributed by atoms with Gasteiger partial charge in [-0.3, -0.25) is 0 Å². The normalized spacial score (nSPS) is 14.3. The van der Waals surface area contributed by atoms with E-state index in [1.54, 1.807) is 0 Å². The summed E-state index contributed by atoms with van der Waals surface area (Å²) >= 11 is 0. The predicted molar refractivity (Wildman–Crippen MR) is 95.9 cm³/mol. The van der Waals surface area contributed by atoms with E-state index in [1.807, 2.05) is 18.2 Å². The first-order chi connectivity index (χ1) is 10.7. The maximum atomic E-state index is 10.1. The average molecular weight is 303 g/mol. The molecule has 0 heterocycles. The Hall–Kier alpha value is -1.12. The van der Waals surface area contributed by atoms with Crippen molar-refractivity contribution in [2.75, 3.05) is 0 Å². The molecule has 1 aromatic carbocycles. The summed E-state index contributed by atoms with van der Waals surface area (Å²) in [4.78, 5) is 0. The van der Waals surface area contributed by atoms with Crippen LogP contribution in [0, 0.1) is 0 Å². The topological polar surface area (TPSA) is 46.2 Å². The Labute approximate surface area is 136 Å². The van der Waals surface area contributed by atoms with E-state index >= 15 is 0 Å². The Morgan fingerprint density at radius 1 is 1.00 bits per heavy atom. The van der Waals surface area contributed by atoms with E-state index in [0.29, 0.717) is 0 Å². The Kier molecular flexibility index (Phi) is 10.7. The fourth-order valence-corrected chi connectivity index (χ4v) is 2.59. The first kappa shape index (κ1) is 18.9. The van der Waals surface area contributed by atoms with Crippen LogP contribution in [0.25, 0.3) is 0 Å². The van der Waals surface area contributed by atoms with Crippen molar-refractivity contribution in [3.63, 3.8) is 0 Å². The van der Waals surface area contributed by atoms with E-state index in [4.69, 9.17) is 5.73 Å². The third-order valence-corrected chi connectivity index (χ3v) is 4.07. The molecule has 124 valence electrons. The lowest BCUT2D eigenvalue weighted by Gasteiger charge is -2.18. The highest BCUT2D eigenvalue weighted by atomic mass is 16.3. The molecule has 2 nitrogen and oxygen atoms in total. The molecule has 0 saturated heterocycles. The number of nitrogens with two attached hydrogens (primary N) is 1. The van der Waals surface area contributed by atoms with E-state index in [-0.39, 0.29) is 12.1 Å². The maximum absolute atomic E-state index is 10.1. The molecule has 2 atom stereocenters. The minimum absolute atomic E-state index is 0.156. The van der Waals surface area contributed by atoms with Gasteiger partial charge in [-0.25, -0.2) is 0 Å². The molecule has 0 aliphatic rings. The SMILES string of the molecule is CCCC/C=C\CCCCC[C@@H](O)[C@@H](N)Cc1ccccc1. The van der Waals surface area contributed by atoms with Crippen LogP contribution < -0.4 is 5.73 Å². The van der Waals surface area contributed by atoms with Gasteiger partial charge in [0.2, 0.25) is 0 Å². The zero-order chi connectivity index (χ0) is 16.0. The average Bonchev–Trinajstić information content (AvgIpc) is 2.54. The second kappa shape index (κ2) is 12.4. The number of benzene rings is 1. The Balaban J connectivity index is 2.05. The lowest BCUT2D eigenvalue weighted by molar-refractivity contribution is 0.131. The molecule has 0 aromatic heterocycles. The number of aliphatic hydroxyl groups excluding tert-OH is 1. The Morgan fingerprint density at radius 2 is 1.68 bits per heavy atom. The second-order valence-electron chi connectivity index (χ2n) is 6.17. The summed E-state index contributed by atoms with van der Waals surface area (Å²) in [7, 11) is 0. The number of hydrogen-bond acceptors (Lipinski definition) is 2. The molecular weight excluding hydrogens is 270 g/mol. The zero-order valence-electron chi connectivity index (χ0n) is 14.1. The van der Waals surface area contributed by atoms with E-state index in [0.717, 1.165) is 25.7 Å². The molecule has 0 radical (unpaired) electrons. The second-order valence-corrected chi connectivity index (χ2v) is 6.17. The van der Waals surface area contributed by atoms with Crippen molar-refractivity contribution in [3.8, 4) is 0 Å². The van der Waals surface area contributed by atoms with Crippen LogP contribution in [0.5, 0.6) is 0 Å². The fraction of sp³-hybridized carbons (Fsp3) is 0.600. The molecule has 3 N–H and O–H groups in total. The Morgan fingerprint density at radius 3 is 2.36 bits per heavy atom. The third-order valence-electron chi connectivity index (χ3n) is 4.07. The van der Waals surface area contributed by atoms with Crippen LogP contribution in [0.1, 0.15) is 63.9 Å². The van der Waals surface area contributed by atoms with Gasteiger partial charge in [-0.1, -0.05) is 75.1 Å². The van der Waals surface area contributed by atoms with Gasteiger partial charge in [0.05, 0.1) is 6.10 Å². The van der Waals surface area contributed by atoms with Gasteiger partial charge in [0.25, 0.3) is 0 Å². The van der Waals surface area contributed by atoms with E-state index in [2.05, 4.69) is 31.2 Å². The molecular formula is C20H33NO. The lowest BCUT2D eigenvalue weighted by atomic mass is 9.98. The van der Waals surface area contributed by atoms with Crippen LogP contribution in [0.2, 0.25) is 0 Å². The van der Waals surface area contributed by atoms with Crippen molar-refractivity contribution >= 4 is 0 Å². The van der Waals surface area contributed by atoms with Gasteiger partial charge in [0, 0.05) is 6.04 Å². The molecule has 1 aromatic rings. The number of aliphatic hydroxyl groups is 1. The summed E-state index contributed by atoms with van der Waals surface area (Å²) < 4.78 is 0. The van der Waals surface area contributed by atoms with Gasteiger partial charge in [-0.05, 0) is 37.7 Å². The summed E-state index contributed by atoms with van der Waals surface area (Å²) in [5, 5.41) is 10.1. The summed E-state index contributed by atoms with van der Waals surface area (Å²) in [6.07, 6.45) is 14.2. The fourth-order valence-electron chi connectivity index (χ4n) is 2.59. The molecule has 0 bridgehead atoms. The van der Waals surface area contributed by atoms with Gasteiger partial charge in [-0.2, -0.15) is 0 Å². The zero-order valence-corrected chi connectivity index (χ0v) is 14.1. The smallest absolute Gasteiger partial charge is 0.0694 e. The monoisotopic (exact) mass is 303 g/mol. The van der Waals surface area contributed by atoms with Crippen molar-refractivity contribution in [1.82, 2.24) is 0 Å². The van der Waals surface area contributed by atoms with Gasteiger partial charge in [0.15, 0.2) is 0 Å². The number of allylic oxidation sites excluding steroid dienone is 2. The summed E-state index contributed by atoms with van der Waals surface area (Å²) in [5.74, 6) is 0. The minimum atomic E-state index is -0.389. The first-order valence-corrected chi connectivity index (χ1v) is 8.86. The van der Waals surface area contributed by atoms with Crippen molar-refractivity contribution in [3.05, 3.63) is 48.0 Å². The molecule has 0 saturated carbocycles. The van der Waals surface area contributed by atoms with Gasteiger partial charge in [0.1, 0.15) is 0 Å². The van der Waals surface area contributed by atoms with E-state index in [9.17, 15) is 5.11 Å². The van der Waals surface area contributed by atoms with E-state index in [1.165, 1.54) is 37.7 Å². The van der Waals surface area contributed by atoms with Gasteiger partial charge in [-0.15, -0.1) is 0 Å². The van der Waals surface area contributed by atoms with Crippen LogP contribution in [0.15, 0.2) is 42.5 Å². The standard InChI is InChI=1S/C20H33NO/c1-2-3-4-5-6-7-8-9-13-16-20(22)19(21)17-18-14-11-10-12-15-18/h5-6,10-12,14-15,19-20,22H,2-4,7-9,13,16-17,21H2,1H3/b6-5-/t19-,20+/m0/s1. The minimum Gasteiger partial charge on any atom is -0.392 e. The molecule has 22 heavy (non-hydrogen) atoms. The summed E-state index contributed by atoms with van der Waals surface area (Å²) in [6.45, 7) is 2.22. The molecule has 0 spiro atoms. The number of unbranched alkanes of at least 4 members (excludes halogenated alkanes) is 5. The number of hydrogen-bond donors (Lipinski definition) is 2. The summed E-state index contributed by atoms with van der Waals surface area (Å²) in [5.41, 5.74) is 7.30. The largest absolute Gasteiger partial charge is 0.392 e. The molecule has 0 amide bonds. The van der Waals surface area contributed by atoms with E-state index < -0.39 is 0 Å². The van der Waals surface area contributed by atoms with Crippen molar-refractivity contribution in [2.45, 2.75) is 76.9 Å². The van der Waals surface area contributed by atoms with Crippen LogP contribution >= 0.6 is 0 Å². The van der Waals surface area contributed by atoms with Crippen LogP contribution in [0.4, 0.5) is 0 Å². The molecule has 0 fully saturated rings. The maximum Gasteiger partial charge on any atom is 0.0694 e. The van der Waals surface area contributed by atoms with Crippen LogP contribution in [-0.4, -0.2) is 17.3 Å². The van der Waals surface area contributed by atoms with Gasteiger partial charge < -0.3 is 10.8 Å². The summed E-state index contributed by atoms with van der Waals surface area (Å²) in [6, 6.07) is 10.0. The molecule has 2 heteroatoms. The van der Waals surface area contributed by atoms with Crippen molar-refractivity contribution in [2.24, 2.45) is 5.73 Å². The molecule has 1 rings (SSSR count). The first-order valence-electron chi connectivity index (χ1n) is 8.86. The highest BCUT2D eigenvalue weighted by Gasteiger charge is 2.14. The van der Waals surface area contributed by atoms with Crippen LogP contribution in [-0.2, 0) is 6.42 Å². The van der Waals surface area contributed by atoms with Gasteiger partial charge >= 0.3 is 0 Å². The molecule has 0 unspecified atom stereocenters. The third kappa shape index (κ3) is 9.01. The van der Waals surface area contributed by atoms with Crippen molar-refractivity contribution < 1.29 is 5.11 Å². The highest BCUT2D eigenvalue weighted by molar-refractivity contribution is 5.16. The highest BCUT2D eigenvalue weighted by Crippen LogP contribution is 2.11. The quantitative estimate of drug-likeness (QED) is 0.437. The molecule has 0 aliphatic heterocycles. The predicted octanol–water partition coefficient (Wildman–Crippen LogP) is 4.61. The van der Waals surface area contributed by atoms with Crippen LogP contribution in [0.3, 0.4) is 0 Å². The lowest BCUT2D eigenvalue weighted by Crippen LogP contribution is -2.36. The Bertz CT molecular complexity index is 388.